The van der Waals surface area contributed by atoms with Gasteiger partial charge in [-0.1, -0.05) is 60.7 Å². The van der Waals surface area contributed by atoms with Crippen LogP contribution in [0.25, 0.3) is 0 Å². The van der Waals surface area contributed by atoms with Crippen molar-refractivity contribution < 1.29 is 9.90 Å². The van der Waals surface area contributed by atoms with Crippen LogP contribution in [0.1, 0.15) is 15.9 Å². The van der Waals surface area contributed by atoms with Crippen molar-refractivity contribution in [1.82, 2.24) is 9.55 Å². The second-order valence-corrected chi connectivity index (χ2v) is 5.16. The summed E-state index contributed by atoms with van der Waals surface area (Å²) in [7, 11) is 0. The van der Waals surface area contributed by atoms with Crippen molar-refractivity contribution in [2.75, 3.05) is 0 Å². The Labute approximate surface area is 128 Å². The second kappa shape index (κ2) is 5.95. The number of hydrogen-bond donors (Lipinski definition) is 1. The van der Waals surface area contributed by atoms with Gasteiger partial charge in [-0.05, 0) is 5.56 Å². The van der Waals surface area contributed by atoms with Crippen molar-refractivity contribution in [2.45, 2.75) is 12.1 Å². The summed E-state index contributed by atoms with van der Waals surface area (Å²) in [5.41, 5.74) is -0.588. The summed E-state index contributed by atoms with van der Waals surface area (Å²) < 4.78 is 1.70. The molecule has 4 heteroatoms. The molecule has 1 atom stereocenters. The number of rotatable bonds is 5. The zero-order chi connectivity index (χ0) is 15.4. The molecule has 1 N–H and O–H groups in total. The average Bonchev–Trinajstić information content (AvgIpc) is 3.08. The molecule has 22 heavy (non-hydrogen) atoms. The van der Waals surface area contributed by atoms with E-state index in [0.717, 1.165) is 0 Å². The Morgan fingerprint density at radius 2 is 1.68 bits per heavy atom. The highest BCUT2D eigenvalue weighted by Gasteiger charge is 2.38. The molecule has 0 amide bonds. The van der Waals surface area contributed by atoms with Crippen molar-refractivity contribution in [1.29, 1.82) is 0 Å². The van der Waals surface area contributed by atoms with Gasteiger partial charge in [-0.25, -0.2) is 4.98 Å². The summed E-state index contributed by atoms with van der Waals surface area (Å²) in [5.74, 6) is -0.326. The monoisotopic (exact) mass is 292 g/mol. The number of benzene rings is 2. The van der Waals surface area contributed by atoms with Crippen LogP contribution < -0.4 is 0 Å². The number of hydrogen-bond acceptors (Lipinski definition) is 3. The lowest BCUT2D eigenvalue weighted by atomic mass is 9.85. The van der Waals surface area contributed by atoms with E-state index in [4.69, 9.17) is 0 Å². The molecule has 3 rings (SSSR count). The molecule has 0 fully saturated rings. The standard InChI is InChI=1S/C18H16N2O2/c21-17(15-7-3-1-4-8-15)18(22,13-20-12-11-19-14-20)16-9-5-2-6-10-16/h1-12,14,22H,13H2/t18-/m1/s1. The van der Waals surface area contributed by atoms with Crippen LogP contribution >= 0.6 is 0 Å². The van der Waals surface area contributed by atoms with Gasteiger partial charge in [-0.15, -0.1) is 0 Å². The zero-order valence-corrected chi connectivity index (χ0v) is 12.0. The third-order valence-corrected chi connectivity index (χ3v) is 3.63. The fourth-order valence-corrected chi connectivity index (χ4v) is 2.48. The molecule has 0 unspecified atom stereocenters. The average molecular weight is 292 g/mol. The molecule has 0 aliphatic rings. The van der Waals surface area contributed by atoms with E-state index in [1.807, 2.05) is 24.3 Å². The highest BCUT2D eigenvalue weighted by atomic mass is 16.3. The third-order valence-electron chi connectivity index (χ3n) is 3.63. The Kier molecular flexibility index (Phi) is 3.85. The fourth-order valence-electron chi connectivity index (χ4n) is 2.48. The fraction of sp³-hybridized carbons (Fsp3) is 0.111. The van der Waals surface area contributed by atoms with Crippen LogP contribution in [-0.2, 0) is 12.1 Å². The van der Waals surface area contributed by atoms with Crippen LogP contribution in [0.2, 0.25) is 0 Å². The summed E-state index contributed by atoms with van der Waals surface area (Å²) >= 11 is 0. The van der Waals surface area contributed by atoms with Crippen molar-refractivity contribution in [3.8, 4) is 0 Å². The van der Waals surface area contributed by atoms with Gasteiger partial charge in [-0.3, -0.25) is 4.79 Å². The molecule has 0 saturated carbocycles. The van der Waals surface area contributed by atoms with Gasteiger partial charge in [0.25, 0.3) is 0 Å². The predicted octanol–water partition coefficient (Wildman–Crippen LogP) is 2.65. The van der Waals surface area contributed by atoms with Gasteiger partial charge in [0.2, 0.25) is 5.78 Å². The van der Waals surface area contributed by atoms with E-state index in [2.05, 4.69) is 4.98 Å². The van der Waals surface area contributed by atoms with Gasteiger partial charge in [0.05, 0.1) is 12.9 Å². The summed E-state index contributed by atoms with van der Waals surface area (Å²) in [6.07, 6.45) is 4.94. The van der Waals surface area contributed by atoms with Crippen molar-refractivity contribution in [2.24, 2.45) is 0 Å². The Balaban J connectivity index is 2.05. The molecule has 110 valence electrons. The lowest BCUT2D eigenvalue weighted by Gasteiger charge is -2.27. The van der Waals surface area contributed by atoms with Crippen molar-refractivity contribution >= 4 is 5.78 Å². The largest absolute Gasteiger partial charge is 0.375 e. The lowest BCUT2D eigenvalue weighted by molar-refractivity contribution is 0.0202. The molecular formula is C18H16N2O2. The lowest BCUT2D eigenvalue weighted by Crippen LogP contribution is -2.40. The molecule has 0 aliphatic carbocycles. The van der Waals surface area contributed by atoms with Crippen molar-refractivity contribution in [3.63, 3.8) is 0 Å². The summed E-state index contributed by atoms with van der Waals surface area (Å²) in [5, 5.41) is 11.2. The molecule has 3 aromatic rings. The van der Waals surface area contributed by atoms with Crippen LogP contribution in [0.5, 0.6) is 0 Å². The van der Waals surface area contributed by atoms with Crippen LogP contribution in [0, 0.1) is 0 Å². The first kappa shape index (κ1) is 14.2. The Bertz CT molecular complexity index is 739. The van der Waals surface area contributed by atoms with E-state index in [0.29, 0.717) is 11.1 Å². The van der Waals surface area contributed by atoms with Gasteiger partial charge >= 0.3 is 0 Å². The first-order valence-electron chi connectivity index (χ1n) is 7.04. The SMILES string of the molecule is O=C(c1ccccc1)[C@@](O)(Cn1ccnc1)c1ccccc1. The maximum atomic E-state index is 12.9. The number of carbonyl (C=O) groups is 1. The number of Topliss-reactive ketones (excluding diaryl/α,β-unsaturated/α-hetero) is 1. The van der Waals surface area contributed by atoms with Gasteiger partial charge in [-0.2, -0.15) is 0 Å². The molecule has 0 spiro atoms. The number of nitrogens with zero attached hydrogens (tertiary/aromatic N) is 2. The second-order valence-electron chi connectivity index (χ2n) is 5.16. The minimum absolute atomic E-state index is 0.116. The quantitative estimate of drug-likeness (QED) is 0.736. The van der Waals surface area contributed by atoms with E-state index in [1.165, 1.54) is 0 Å². The number of aromatic nitrogens is 2. The van der Waals surface area contributed by atoms with Gasteiger partial charge in [0.1, 0.15) is 0 Å². The van der Waals surface area contributed by atoms with Crippen LogP contribution in [0.15, 0.2) is 79.4 Å². The molecule has 2 aromatic carbocycles. The molecule has 1 heterocycles. The zero-order valence-electron chi connectivity index (χ0n) is 12.0. The maximum absolute atomic E-state index is 12.9. The van der Waals surface area contributed by atoms with Crippen LogP contribution in [0.4, 0.5) is 0 Å². The number of carbonyl (C=O) groups excluding carboxylic acids is 1. The molecule has 0 saturated heterocycles. The highest BCUT2D eigenvalue weighted by Crippen LogP contribution is 2.28. The van der Waals surface area contributed by atoms with E-state index >= 15 is 0 Å². The first-order chi connectivity index (χ1) is 10.7. The normalized spacial score (nSPS) is 13.5. The summed E-state index contributed by atoms with van der Waals surface area (Å²) in [6, 6.07) is 17.8. The van der Waals surface area contributed by atoms with E-state index in [9.17, 15) is 9.90 Å². The summed E-state index contributed by atoms with van der Waals surface area (Å²) in [6.45, 7) is 0.116. The summed E-state index contributed by atoms with van der Waals surface area (Å²) in [4.78, 5) is 16.9. The smallest absolute Gasteiger partial charge is 0.200 e. The Hall–Kier alpha value is -2.72. The molecule has 4 nitrogen and oxygen atoms in total. The number of aliphatic hydroxyl groups is 1. The number of imidazole rings is 1. The number of ketones is 1. The maximum Gasteiger partial charge on any atom is 0.200 e. The van der Waals surface area contributed by atoms with Crippen LogP contribution in [-0.4, -0.2) is 20.4 Å². The molecule has 0 radical (unpaired) electrons. The minimum Gasteiger partial charge on any atom is -0.375 e. The minimum atomic E-state index is -1.64. The molecule has 1 aromatic heterocycles. The Morgan fingerprint density at radius 1 is 1.05 bits per heavy atom. The highest BCUT2D eigenvalue weighted by molar-refractivity contribution is 6.02. The molecule has 0 aliphatic heterocycles. The molecule has 0 bridgehead atoms. The first-order valence-corrected chi connectivity index (χ1v) is 7.04. The van der Waals surface area contributed by atoms with Crippen LogP contribution in [0.3, 0.4) is 0 Å². The van der Waals surface area contributed by atoms with Gasteiger partial charge < -0.3 is 9.67 Å². The van der Waals surface area contributed by atoms with E-state index < -0.39 is 5.60 Å². The van der Waals surface area contributed by atoms with Gasteiger partial charge in [0.15, 0.2) is 5.60 Å². The third kappa shape index (κ3) is 2.69. The predicted molar refractivity (Wildman–Crippen MR) is 83.3 cm³/mol. The molecular weight excluding hydrogens is 276 g/mol. The van der Waals surface area contributed by atoms with E-state index in [1.54, 1.807) is 59.7 Å². The van der Waals surface area contributed by atoms with Crippen molar-refractivity contribution in [3.05, 3.63) is 90.5 Å². The topological polar surface area (TPSA) is 55.1 Å². The Morgan fingerprint density at radius 3 is 2.27 bits per heavy atom. The van der Waals surface area contributed by atoms with E-state index in [-0.39, 0.29) is 12.3 Å². The van der Waals surface area contributed by atoms with Gasteiger partial charge in [0, 0.05) is 18.0 Å².